The van der Waals surface area contributed by atoms with Gasteiger partial charge in [-0.05, 0) is 41.8 Å². The Labute approximate surface area is 125 Å². The molecule has 1 atom stereocenters. The average Bonchev–Trinajstić information content (AvgIpc) is 3.05. The summed E-state index contributed by atoms with van der Waals surface area (Å²) in [7, 11) is 0. The van der Waals surface area contributed by atoms with E-state index in [2.05, 4.69) is 53.7 Å². The van der Waals surface area contributed by atoms with E-state index in [0.29, 0.717) is 12.1 Å². The van der Waals surface area contributed by atoms with E-state index in [1.165, 1.54) is 35.0 Å². The highest BCUT2D eigenvalue weighted by Crippen LogP contribution is 2.28. The molecule has 1 saturated heterocycles. The van der Waals surface area contributed by atoms with Gasteiger partial charge >= 0.3 is 0 Å². The van der Waals surface area contributed by atoms with Crippen molar-refractivity contribution < 1.29 is 0 Å². The quantitative estimate of drug-likeness (QED) is 0.898. The summed E-state index contributed by atoms with van der Waals surface area (Å²) in [4.78, 5) is 2.66. The van der Waals surface area contributed by atoms with Crippen LogP contribution >= 0.6 is 11.3 Å². The predicted molar refractivity (Wildman–Crippen MR) is 88.4 cm³/mol. The van der Waals surface area contributed by atoms with Crippen LogP contribution < -0.4 is 5.32 Å². The van der Waals surface area contributed by atoms with Crippen molar-refractivity contribution in [1.29, 1.82) is 0 Å². The van der Waals surface area contributed by atoms with E-state index < -0.39 is 0 Å². The van der Waals surface area contributed by atoms with Gasteiger partial charge in [0, 0.05) is 29.9 Å². The second kappa shape index (κ2) is 6.25. The van der Waals surface area contributed by atoms with Crippen molar-refractivity contribution >= 4 is 21.4 Å². The van der Waals surface area contributed by atoms with Gasteiger partial charge in [0.2, 0.25) is 0 Å². The number of nitrogens with one attached hydrogen (secondary N) is 1. The lowest BCUT2D eigenvalue weighted by Gasteiger charge is -2.25. The minimum atomic E-state index is 0.583. The number of hydrogen-bond donors (Lipinski definition) is 1. The standard InChI is InChI=1S/C17H24N2S/c1-13(2)18-10-15-6-5-9-19(15)11-14-12-20-17-8-4-3-7-16(14)17/h3-4,7-8,12-13,15,18H,5-6,9-11H2,1-2H3. The van der Waals surface area contributed by atoms with Gasteiger partial charge in [-0.1, -0.05) is 32.0 Å². The Balaban J connectivity index is 1.70. The van der Waals surface area contributed by atoms with Crippen molar-refractivity contribution in [2.24, 2.45) is 0 Å². The van der Waals surface area contributed by atoms with Gasteiger partial charge in [-0.3, -0.25) is 4.90 Å². The number of likely N-dealkylation sites (tertiary alicyclic amines) is 1. The van der Waals surface area contributed by atoms with E-state index in [4.69, 9.17) is 0 Å². The molecule has 1 N–H and O–H groups in total. The third-order valence-electron chi connectivity index (χ3n) is 4.20. The first-order valence-electron chi connectivity index (χ1n) is 7.66. The highest BCUT2D eigenvalue weighted by molar-refractivity contribution is 7.17. The fraction of sp³-hybridized carbons (Fsp3) is 0.529. The number of hydrogen-bond acceptors (Lipinski definition) is 3. The molecule has 1 aromatic heterocycles. The third kappa shape index (κ3) is 3.05. The Morgan fingerprint density at radius 2 is 2.20 bits per heavy atom. The Morgan fingerprint density at radius 1 is 1.35 bits per heavy atom. The van der Waals surface area contributed by atoms with Crippen molar-refractivity contribution in [1.82, 2.24) is 10.2 Å². The van der Waals surface area contributed by atoms with Crippen LogP contribution in [0.1, 0.15) is 32.3 Å². The largest absolute Gasteiger partial charge is 0.313 e. The van der Waals surface area contributed by atoms with Crippen molar-refractivity contribution in [2.45, 2.75) is 45.3 Å². The molecule has 0 bridgehead atoms. The molecule has 3 heteroatoms. The SMILES string of the molecule is CC(C)NCC1CCCN1Cc1csc2ccccc12. The highest BCUT2D eigenvalue weighted by Gasteiger charge is 2.24. The molecular weight excluding hydrogens is 264 g/mol. The van der Waals surface area contributed by atoms with Crippen LogP contribution in [-0.2, 0) is 6.54 Å². The molecule has 1 fully saturated rings. The molecule has 1 aliphatic heterocycles. The molecule has 2 aromatic rings. The van der Waals surface area contributed by atoms with Gasteiger partial charge in [-0.15, -0.1) is 11.3 Å². The molecule has 2 nitrogen and oxygen atoms in total. The van der Waals surface area contributed by atoms with Gasteiger partial charge in [0.25, 0.3) is 0 Å². The van der Waals surface area contributed by atoms with Crippen LogP contribution in [0.15, 0.2) is 29.6 Å². The van der Waals surface area contributed by atoms with Crippen LogP contribution in [0.25, 0.3) is 10.1 Å². The molecule has 0 saturated carbocycles. The monoisotopic (exact) mass is 288 g/mol. The van der Waals surface area contributed by atoms with Gasteiger partial charge in [-0.2, -0.15) is 0 Å². The smallest absolute Gasteiger partial charge is 0.0346 e. The fourth-order valence-corrected chi connectivity index (χ4v) is 4.03. The Bertz CT molecular complexity index is 561. The van der Waals surface area contributed by atoms with E-state index in [9.17, 15) is 0 Å². The topological polar surface area (TPSA) is 15.3 Å². The van der Waals surface area contributed by atoms with E-state index in [0.717, 1.165) is 13.1 Å². The van der Waals surface area contributed by atoms with Crippen LogP contribution in [0, 0.1) is 0 Å². The molecule has 1 aliphatic rings. The molecule has 1 aromatic carbocycles. The maximum Gasteiger partial charge on any atom is 0.0346 e. The van der Waals surface area contributed by atoms with Crippen LogP contribution in [-0.4, -0.2) is 30.1 Å². The summed E-state index contributed by atoms with van der Waals surface area (Å²) >= 11 is 1.87. The molecule has 108 valence electrons. The second-order valence-electron chi connectivity index (χ2n) is 6.09. The minimum absolute atomic E-state index is 0.583. The molecule has 20 heavy (non-hydrogen) atoms. The number of thiophene rings is 1. The zero-order valence-corrected chi connectivity index (χ0v) is 13.2. The van der Waals surface area contributed by atoms with Gasteiger partial charge in [0.05, 0.1) is 0 Å². The summed E-state index contributed by atoms with van der Waals surface area (Å²) in [5, 5.41) is 7.38. The molecule has 1 unspecified atom stereocenters. The van der Waals surface area contributed by atoms with Crippen molar-refractivity contribution in [3.05, 3.63) is 35.2 Å². The molecule has 0 amide bonds. The second-order valence-corrected chi connectivity index (χ2v) is 7.00. The number of rotatable bonds is 5. The summed E-state index contributed by atoms with van der Waals surface area (Å²) in [5.74, 6) is 0. The van der Waals surface area contributed by atoms with Crippen LogP contribution in [0.4, 0.5) is 0 Å². The van der Waals surface area contributed by atoms with E-state index in [-0.39, 0.29) is 0 Å². The minimum Gasteiger partial charge on any atom is -0.313 e. The maximum absolute atomic E-state index is 3.60. The highest BCUT2D eigenvalue weighted by atomic mass is 32.1. The normalized spacial score (nSPS) is 20.2. The van der Waals surface area contributed by atoms with Crippen molar-refractivity contribution in [3.63, 3.8) is 0 Å². The first-order chi connectivity index (χ1) is 9.74. The first kappa shape index (κ1) is 14.1. The molecule has 0 aliphatic carbocycles. The van der Waals surface area contributed by atoms with E-state index in [1.807, 2.05) is 11.3 Å². The zero-order chi connectivity index (χ0) is 13.9. The average molecular weight is 288 g/mol. The summed E-state index contributed by atoms with van der Waals surface area (Å²) in [5.41, 5.74) is 1.50. The summed E-state index contributed by atoms with van der Waals surface area (Å²) in [6.07, 6.45) is 2.67. The first-order valence-corrected chi connectivity index (χ1v) is 8.54. The van der Waals surface area contributed by atoms with Crippen LogP contribution in [0.5, 0.6) is 0 Å². The molecular formula is C17H24N2S. The molecule has 3 rings (SSSR count). The van der Waals surface area contributed by atoms with Crippen LogP contribution in [0.2, 0.25) is 0 Å². The Kier molecular flexibility index (Phi) is 4.39. The lowest BCUT2D eigenvalue weighted by Crippen LogP contribution is -2.39. The zero-order valence-electron chi connectivity index (χ0n) is 12.4. The van der Waals surface area contributed by atoms with Crippen molar-refractivity contribution in [2.75, 3.05) is 13.1 Å². The number of fused-ring (bicyclic) bond motifs is 1. The van der Waals surface area contributed by atoms with Gasteiger partial charge < -0.3 is 5.32 Å². The summed E-state index contributed by atoms with van der Waals surface area (Å²) < 4.78 is 1.42. The lowest BCUT2D eigenvalue weighted by atomic mass is 10.1. The van der Waals surface area contributed by atoms with E-state index in [1.54, 1.807) is 0 Å². The Morgan fingerprint density at radius 3 is 3.05 bits per heavy atom. The van der Waals surface area contributed by atoms with Gasteiger partial charge in [0.15, 0.2) is 0 Å². The van der Waals surface area contributed by atoms with Gasteiger partial charge in [-0.25, -0.2) is 0 Å². The molecule has 0 radical (unpaired) electrons. The molecule has 0 spiro atoms. The molecule has 2 heterocycles. The summed E-state index contributed by atoms with van der Waals surface area (Å²) in [6, 6.07) is 10.1. The predicted octanol–water partition coefficient (Wildman–Crippen LogP) is 3.86. The van der Waals surface area contributed by atoms with E-state index >= 15 is 0 Å². The van der Waals surface area contributed by atoms with Gasteiger partial charge in [0.1, 0.15) is 0 Å². The lowest BCUT2D eigenvalue weighted by molar-refractivity contribution is 0.237. The number of nitrogens with zero attached hydrogens (tertiary/aromatic N) is 1. The van der Waals surface area contributed by atoms with Crippen molar-refractivity contribution in [3.8, 4) is 0 Å². The Hall–Kier alpha value is -0.900. The fourth-order valence-electron chi connectivity index (χ4n) is 3.08. The maximum atomic E-state index is 3.60. The third-order valence-corrected chi connectivity index (χ3v) is 5.21. The number of benzene rings is 1. The summed E-state index contributed by atoms with van der Waals surface area (Å²) in [6.45, 7) is 7.93. The van der Waals surface area contributed by atoms with Crippen LogP contribution in [0.3, 0.4) is 0 Å².